The van der Waals surface area contributed by atoms with Crippen LogP contribution in [-0.4, -0.2) is 23.5 Å². The van der Waals surface area contributed by atoms with Crippen LogP contribution < -0.4 is 9.47 Å². The molecule has 114 valence electrons. The first-order valence-corrected chi connectivity index (χ1v) is 6.72. The fourth-order valence-corrected chi connectivity index (χ4v) is 1.88. The molecule has 22 heavy (non-hydrogen) atoms. The molecule has 0 aliphatic rings. The standard InChI is InChI=1S/C17H16O5/c1-12(18)15-8-7-14(9-16(15)22-11-17(19)20)21-10-13-5-3-2-4-6-13/h2-9H,10-11H2,1H3,(H,19,20). The summed E-state index contributed by atoms with van der Waals surface area (Å²) in [5.74, 6) is -0.588. The van der Waals surface area contributed by atoms with E-state index in [9.17, 15) is 9.59 Å². The molecule has 0 aliphatic heterocycles. The molecule has 5 heteroatoms. The van der Waals surface area contributed by atoms with E-state index in [0.717, 1.165) is 5.56 Å². The van der Waals surface area contributed by atoms with Crippen LogP contribution in [0.5, 0.6) is 11.5 Å². The molecule has 0 aromatic heterocycles. The van der Waals surface area contributed by atoms with Gasteiger partial charge >= 0.3 is 5.97 Å². The van der Waals surface area contributed by atoms with E-state index in [4.69, 9.17) is 14.6 Å². The predicted molar refractivity (Wildman–Crippen MR) is 80.4 cm³/mol. The van der Waals surface area contributed by atoms with Crippen LogP contribution in [0, 0.1) is 0 Å². The van der Waals surface area contributed by atoms with Crippen molar-refractivity contribution >= 4 is 11.8 Å². The highest BCUT2D eigenvalue weighted by Crippen LogP contribution is 2.26. The van der Waals surface area contributed by atoms with Crippen molar-refractivity contribution in [3.05, 3.63) is 59.7 Å². The smallest absolute Gasteiger partial charge is 0.341 e. The van der Waals surface area contributed by atoms with E-state index in [0.29, 0.717) is 17.9 Å². The van der Waals surface area contributed by atoms with Gasteiger partial charge in [0.15, 0.2) is 12.4 Å². The predicted octanol–water partition coefficient (Wildman–Crippen LogP) is 2.93. The molecule has 0 amide bonds. The number of hydrogen-bond acceptors (Lipinski definition) is 4. The Balaban J connectivity index is 2.13. The Hall–Kier alpha value is -2.82. The van der Waals surface area contributed by atoms with Gasteiger partial charge in [-0.1, -0.05) is 30.3 Å². The van der Waals surface area contributed by atoms with Crippen LogP contribution in [0.15, 0.2) is 48.5 Å². The number of carboxylic acid groups (broad SMARTS) is 1. The first-order chi connectivity index (χ1) is 10.6. The van der Waals surface area contributed by atoms with Gasteiger partial charge in [-0.2, -0.15) is 0 Å². The number of hydrogen-bond donors (Lipinski definition) is 1. The Kier molecular flexibility index (Phi) is 5.14. The van der Waals surface area contributed by atoms with Crippen molar-refractivity contribution in [2.75, 3.05) is 6.61 Å². The molecule has 0 atom stereocenters. The first-order valence-electron chi connectivity index (χ1n) is 6.72. The maximum atomic E-state index is 11.5. The summed E-state index contributed by atoms with van der Waals surface area (Å²) >= 11 is 0. The number of aliphatic carboxylic acids is 1. The van der Waals surface area contributed by atoms with E-state index in [2.05, 4.69) is 0 Å². The van der Waals surface area contributed by atoms with Gasteiger partial charge in [-0.3, -0.25) is 4.79 Å². The van der Waals surface area contributed by atoms with Gasteiger partial charge in [0.05, 0.1) is 5.56 Å². The number of carboxylic acids is 1. The van der Waals surface area contributed by atoms with E-state index in [1.165, 1.54) is 13.0 Å². The maximum Gasteiger partial charge on any atom is 0.341 e. The van der Waals surface area contributed by atoms with Crippen LogP contribution in [0.4, 0.5) is 0 Å². The minimum Gasteiger partial charge on any atom is -0.489 e. The Morgan fingerprint density at radius 1 is 1.05 bits per heavy atom. The molecular weight excluding hydrogens is 284 g/mol. The number of carbonyl (C=O) groups excluding carboxylic acids is 1. The Labute approximate surface area is 128 Å². The van der Waals surface area contributed by atoms with E-state index in [1.54, 1.807) is 12.1 Å². The average molecular weight is 300 g/mol. The maximum absolute atomic E-state index is 11.5. The summed E-state index contributed by atoms with van der Waals surface area (Å²) in [4.78, 5) is 22.1. The average Bonchev–Trinajstić information content (AvgIpc) is 2.51. The van der Waals surface area contributed by atoms with E-state index in [-0.39, 0.29) is 11.5 Å². The summed E-state index contributed by atoms with van der Waals surface area (Å²) in [7, 11) is 0. The fraction of sp³-hybridized carbons (Fsp3) is 0.176. The summed E-state index contributed by atoms with van der Waals surface area (Å²) in [5.41, 5.74) is 1.33. The summed E-state index contributed by atoms with van der Waals surface area (Å²) < 4.78 is 10.8. The van der Waals surface area contributed by atoms with Crippen LogP contribution in [0.1, 0.15) is 22.8 Å². The third kappa shape index (κ3) is 4.34. The van der Waals surface area contributed by atoms with Crippen molar-refractivity contribution in [3.8, 4) is 11.5 Å². The van der Waals surface area contributed by atoms with Crippen LogP contribution in [-0.2, 0) is 11.4 Å². The zero-order chi connectivity index (χ0) is 15.9. The van der Waals surface area contributed by atoms with Crippen molar-refractivity contribution in [3.63, 3.8) is 0 Å². The highest BCUT2D eigenvalue weighted by molar-refractivity contribution is 5.97. The number of rotatable bonds is 7. The van der Waals surface area contributed by atoms with Gasteiger partial charge in [0.1, 0.15) is 18.1 Å². The molecule has 2 aromatic carbocycles. The molecule has 0 unspecified atom stereocenters. The van der Waals surface area contributed by atoms with Crippen LogP contribution in [0.25, 0.3) is 0 Å². The van der Waals surface area contributed by atoms with Gasteiger partial charge in [0.25, 0.3) is 0 Å². The lowest BCUT2D eigenvalue weighted by Gasteiger charge is -2.11. The molecule has 0 saturated carbocycles. The molecular formula is C17H16O5. The third-order valence-electron chi connectivity index (χ3n) is 2.93. The summed E-state index contributed by atoms with van der Waals surface area (Å²) in [6.45, 7) is 1.26. The minimum absolute atomic E-state index is 0.199. The van der Waals surface area contributed by atoms with Crippen molar-refractivity contribution in [1.29, 1.82) is 0 Å². The van der Waals surface area contributed by atoms with Gasteiger partial charge < -0.3 is 14.6 Å². The van der Waals surface area contributed by atoms with Crippen molar-refractivity contribution in [1.82, 2.24) is 0 Å². The van der Waals surface area contributed by atoms with E-state index in [1.807, 2.05) is 30.3 Å². The lowest BCUT2D eigenvalue weighted by molar-refractivity contribution is -0.139. The second kappa shape index (κ2) is 7.26. The zero-order valence-electron chi connectivity index (χ0n) is 12.1. The molecule has 0 spiro atoms. The molecule has 0 aliphatic carbocycles. The Morgan fingerprint density at radius 2 is 1.77 bits per heavy atom. The Morgan fingerprint density at radius 3 is 2.41 bits per heavy atom. The molecule has 1 N–H and O–H groups in total. The van der Waals surface area contributed by atoms with Crippen LogP contribution >= 0.6 is 0 Å². The number of benzene rings is 2. The van der Waals surface area contributed by atoms with Gasteiger partial charge in [-0.25, -0.2) is 4.79 Å². The highest BCUT2D eigenvalue weighted by atomic mass is 16.5. The number of ketones is 1. The molecule has 2 rings (SSSR count). The summed E-state index contributed by atoms with van der Waals surface area (Å²) in [6, 6.07) is 14.4. The SMILES string of the molecule is CC(=O)c1ccc(OCc2ccccc2)cc1OCC(=O)O. The van der Waals surface area contributed by atoms with Crippen molar-refractivity contribution < 1.29 is 24.2 Å². The largest absolute Gasteiger partial charge is 0.489 e. The monoisotopic (exact) mass is 300 g/mol. The lowest BCUT2D eigenvalue weighted by atomic mass is 10.1. The second-order valence-electron chi connectivity index (χ2n) is 4.67. The Bertz CT molecular complexity index is 664. The molecule has 0 radical (unpaired) electrons. The van der Waals surface area contributed by atoms with Crippen LogP contribution in [0.3, 0.4) is 0 Å². The van der Waals surface area contributed by atoms with Gasteiger partial charge in [-0.15, -0.1) is 0 Å². The van der Waals surface area contributed by atoms with Crippen molar-refractivity contribution in [2.45, 2.75) is 13.5 Å². The van der Waals surface area contributed by atoms with E-state index < -0.39 is 12.6 Å². The van der Waals surface area contributed by atoms with E-state index >= 15 is 0 Å². The molecule has 0 fully saturated rings. The van der Waals surface area contributed by atoms with Gasteiger partial charge in [0, 0.05) is 6.07 Å². The topological polar surface area (TPSA) is 72.8 Å². The molecule has 2 aromatic rings. The third-order valence-corrected chi connectivity index (χ3v) is 2.93. The number of Topliss-reactive ketones (excluding diaryl/α,β-unsaturated/α-hetero) is 1. The highest BCUT2D eigenvalue weighted by Gasteiger charge is 2.11. The minimum atomic E-state index is -1.11. The van der Waals surface area contributed by atoms with Crippen LogP contribution in [0.2, 0.25) is 0 Å². The van der Waals surface area contributed by atoms with Gasteiger partial charge in [-0.05, 0) is 24.6 Å². The zero-order valence-corrected chi connectivity index (χ0v) is 12.1. The molecule has 0 saturated heterocycles. The fourth-order valence-electron chi connectivity index (χ4n) is 1.88. The number of ether oxygens (including phenoxy) is 2. The summed E-state index contributed by atoms with van der Waals surface area (Å²) in [5, 5.41) is 8.68. The normalized spacial score (nSPS) is 10.0. The van der Waals surface area contributed by atoms with Gasteiger partial charge in [0.2, 0.25) is 0 Å². The quantitative estimate of drug-likeness (QED) is 0.796. The van der Waals surface area contributed by atoms with Crippen molar-refractivity contribution in [2.24, 2.45) is 0 Å². The number of carbonyl (C=O) groups is 2. The molecule has 0 heterocycles. The summed E-state index contributed by atoms with van der Waals surface area (Å²) in [6.07, 6.45) is 0. The first kappa shape index (κ1) is 15.6. The molecule has 0 bridgehead atoms. The lowest BCUT2D eigenvalue weighted by Crippen LogP contribution is -2.11. The molecule has 5 nitrogen and oxygen atoms in total. The second-order valence-corrected chi connectivity index (χ2v) is 4.67.